The Labute approximate surface area is 90.0 Å². The first-order valence-electron chi connectivity index (χ1n) is 5.61. The molecule has 1 amide bonds. The third kappa shape index (κ3) is 4.32. The van der Waals surface area contributed by atoms with Gasteiger partial charge in [0.15, 0.2) is 0 Å². The molecule has 1 aliphatic carbocycles. The molecular formula is C11H19NO3. The van der Waals surface area contributed by atoms with Gasteiger partial charge in [-0.2, -0.15) is 0 Å². The number of rotatable bonds is 4. The van der Waals surface area contributed by atoms with Gasteiger partial charge in [0.05, 0.1) is 5.92 Å². The fourth-order valence-electron chi connectivity index (χ4n) is 1.90. The Morgan fingerprint density at radius 3 is 2.47 bits per heavy atom. The summed E-state index contributed by atoms with van der Waals surface area (Å²) in [5.41, 5.74) is 0. The number of nitrogens with one attached hydrogen (secondary N) is 1. The van der Waals surface area contributed by atoms with Gasteiger partial charge in [0.25, 0.3) is 0 Å². The van der Waals surface area contributed by atoms with Gasteiger partial charge in [0.2, 0.25) is 5.91 Å². The fourth-order valence-corrected chi connectivity index (χ4v) is 1.90. The van der Waals surface area contributed by atoms with Crippen molar-refractivity contribution in [2.45, 2.75) is 51.5 Å². The molecule has 1 atom stereocenters. The van der Waals surface area contributed by atoms with Gasteiger partial charge < -0.3 is 10.4 Å². The van der Waals surface area contributed by atoms with Crippen molar-refractivity contribution in [2.24, 2.45) is 5.92 Å². The van der Waals surface area contributed by atoms with Gasteiger partial charge in [-0.1, -0.05) is 26.2 Å². The van der Waals surface area contributed by atoms with Crippen LogP contribution in [0.25, 0.3) is 0 Å². The number of aliphatic carboxylic acids is 1. The van der Waals surface area contributed by atoms with Crippen LogP contribution in [0.15, 0.2) is 0 Å². The van der Waals surface area contributed by atoms with Gasteiger partial charge >= 0.3 is 5.97 Å². The van der Waals surface area contributed by atoms with E-state index in [1.807, 2.05) is 0 Å². The Kier molecular flexibility index (Phi) is 4.59. The zero-order valence-electron chi connectivity index (χ0n) is 9.16. The molecule has 0 aliphatic heterocycles. The van der Waals surface area contributed by atoms with Gasteiger partial charge in [0, 0.05) is 12.5 Å². The lowest BCUT2D eigenvalue weighted by atomic mass is 9.95. The molecule has 15 heavy (non-hydrogen) atoms. The molecule has 1 aliphatic rings. The van der Waals surface area contributed by atoms with Gasteiger partial charge in [0.1, 0.15) is 0 Å². The zero-order chi connectivity index (χ0) is 11.3. The number of carboxylic acid groups (broad SMARTS) is 1. The van der Waals surface area contributed by atoms with Crippen LogP contribution in [-0.2, 0) is 9.59 Å². The molecule has 0 aromatic rings. The summed E-state index contributed by atoms with van der Waals surface area (Å²) in [5, 5.41) is 11.6. The molecule has 1 rings (SSSR count). The van der Waals surface area contributed by atoms with E-state index in [2.05, 4.69) is 5.32 Å². The fraction of sp³-hybridized carbons (Fsp3) is 0.818. The first-order valence-corrected chi connectivity index (χ1v) is 5.61. The Bertz CT molecular complexity index is 234. The number of carboxylic acids is 1. The van der Waals surface area contributed by atoms with E-state index in [0.29, 0.717) is 0 Å². The summed E-state index contributed by atoms with van der Waals surface area (Å²) in [5.74, 6) is -1.63. The summed E-state index contributed by atoms with van der Waals surface area (Å²) in [7, 11) is 0. The van der Waals surface area contributed by atoms with E-state index in [9.17, 15) is 9.59 Å². The molecular weight excluding hydrogens is 194 g/mol. The highest BCUT2D eigenvalue weighted by atomic mass is 16.4. The van der Waals surface area contributed by atoms with E-state index in [1.165, 1.54) is 19.3 Å². The first-order chi connectivity index (χ1) is 7.09. The molecule has 4 nitrogen and oxygen atoms in total. The molecule has 0 aromatic carbocycles. The monoisotopic (exact) mass is 213 g/mol. The van der Waals surface area contributed by atoms with E-state index >= 15 is 0 Å². The summed E-state index contributed by atoms with van der Waals surface area (Å²) in [6, 6.07) is 0.271. The van der Waals surface area contributed by atoms with Crippen LogP contribution in [0.3, 0.4) is 0 Å². The van der Waals surface area contributed by atoms with Crippen LogP contribution in [0.5, 0.6) is 0 Å². The van der Waals surface area contributed by atoms with Crippen LogP contribution in [0, 0.1) is 5.92 Å². The summed E-state index contributed by atoms with van der Waals surface area (Å²) < 4.78 is 0. The van der Waals surface area contributed by atoms with Gasteiger partial charge in [-0.25, -0.2) is 0 Å². The highest BCUT2D eigenvalue weighted by Gasteiger charge is 2.19. The maximum atomic E-state index is 11.5. The van der Waals surface area contributed by atoms with Crippen molar-refractivity contribution in [3.63, 3.8) is 0 Å². The summed E-state index contributed by atoms with van der Waals surface area (Å²) in [6.07, 6.45) is 5.74. The quantitative estimate of drug-likeness (QED) is 0.744. The molecule has 0 spiro atoms. The average Bonchev–Trinajstić information content (AvgIpc) is 2.18. The molecule has 86 valence electrons. The minimum absolute atomic E-state index is 0.0891. The number of amides is 1. The maximum Gasteiger partial charge on any atom is 0.306 e. The van der Waals surface area contributed by atoms with E-state index in [0.717, 1.165) is 12.8 Å². The summed E-state index contributed by atoms with van der Waals surface area (Å²) >= 11 is 0. The van der Waals surface area contributed by atoms with Crippen molar-refractivity contribution in [3.05, 3.63) is 0 Å². The van der Waals surface area contributed by atoms with Crippen molar-refractivity contribution in [3.8, 4) is 0 Å². The zero-order valence-corrected chi connectivity index (χ0v) is 9.16. The minimum Gasteiger partial charge on any atom is -0.481 e. The molecule has 0 bridgehead atoms. The van der Waals surface area contributed by atoms with Crippen molar-refractivity contribution in [2.75, 3.05) is 0 Å². The second-order valence-electron chi connectivity index (χ2n) is 4.35. The standard InChI is InChI=1S/C11H19NO3/c1-8(11(14)15)7-10(13)12-9-5-3-2-4-6-9/h8-9H,2-7H2,1H3,(H,12,13)(H,14,15). The van der Waals surface area contributed by atoms with Crippen molar-refractivity contribution < 1.29 is 14.7 Å². The van der Waals surface area contributed by atoms with Crippen LogP contribution in [0.2, 0.25) is 0 Å². The number of carbonyl (C=O) groups is 2. The van der Waals surface area contributed by atoms with Crippen LogP contribution in [-0.4, -0.2) is 23.0 Å². The van der Waals surface area contributed by atoms with Crippen molar-refractivity contribution in [1.29, 1.82) is 0 Å². The Balaban J connectivity index is 2.25. The smallest absolute Gasteiger partial charge is 0.306 e. The summed E-state index contributed by atoms with van der Waals surface area (Å²) in [6.45, 7) is 1.56. The highest BCUT2D eigenvalue weighted by Crippen LogP contribution is 2.17. The molecule has 2 N–H and O–H groups in total. The SMILES string of the molecule is CC(CC(=O)NC1CCCCC1)C(=O)O. The normalized spacial score (nSPS) is 19.5. The lowest BCUT2D eigenvalue weighted by Crippen LogP contribution is -2.37. The molecule has 1 fully saturated rings. The second-order valence-corrected chi connectivity index (χ2v) is 4.35. The van der Waals surface area contributed by atoms with Crippen molar-refractivity contribution >= 4 is 11.9 Å². The third-order valence-electron chi connectivity index (χ3n) is 2.88. The van der Waals surface area contributed by atoms with Gasteiger partial charge in [-0.3, -0.25) is 9.59 Å². The van der Waals surface area contributed by atoms with Crippen LogP contribution in [0.1, 0.15) is 45.4 Å². The predicted octanol–water partition coefficient (Wildman–Crippen LogP) is 1.55. The minimum atomic E-state index is -0.909. The lowest BCUT2D eigenvalue weighted by Gasteiger charge is -2.23. The molecule has 4 heteroatoms. The van der Waals surface area contributed by atoms with E-state index in [4.69, 9.17) is 5.11 Å². The van der Waals surface area contributed by atoms with Gasteiger partial charge in [-0.15, -0.1) is 0 Å². The van der Waals surface area contributed by atoms with Crippen LogP contribution in [0.4, 0.5) is 0 Å². The largest absolute Gasteiger partial charge is 0.481 e. The average molecular weight is 213 g/mol. The Morgan fingerprint density at radius 1 is 1.33 bits per heavy atom. The third-order valence-corrected chi connectivity index (χ3v) is 2.88. The highest BCUT2D eigenvalue weighted by molar-refractivity contribution is 5.82. The van der Waals surface area contributed by atoms with Crippen molar-refractivity contribution in [1.82, 2.24) is 5.32 Å². The van der Waals surface area contributed by atoms with Gasteiger partial charge in [-0.05, 0) is 12.8 Å². The van der Waals surface area contributed by atoms with Crippen LogP contribution < -0.4 is 5.32 Å². The van der Waals surface area contributed by atoms with E-state index in [-0.39, 0.29) is 18.4 Å². The molecule has 1 saturated carbocycles. The Morgan fingerprint density at radius 2 is 1.93 bits per heavy atom. The van der Waals surface area contributed by atoms with E-state index < -0.39 is 11.9 Å². The Hall–Kier alpha value is -1.06. The molecule has 0 heterocycles. The molecule has 1 unspecified atom stereocenters. The molecule has 0 saturated heterocycles. The maximum absolute atomic E-state index is 11.5. The first kappa shape index (κ1) is 12.0. The second kappa shape index (κ2) is 5.73. The number of carbonyl (C=O) groups excluding carboxylic acids is 1. The number of hydrogen-bond acceptors (Lipinski definition) is 2. The molecule has 0 aromatic heterocycles. The summed E-state index contributed by atoms with van der Waals surface area (Å²) in [4.78, 5) is 22.0. The van der Waals surface area contributed by atoms with Crippen LogP contribution >= 0.6 is 0 Å². The topological polar surface area (TPSA) is 66.4 Å². The molecule has 0 radical (unpaired) electrons. The van der Waals surface area contributed by atoms with E-state index in [1.54, 1.807) is 6.92 Å². The predicted molar refractivity (Wildman–Crippen MR) is 56.4 cm³/mol. The number of hydrogen-bond donors (Lipinski definition) is 2. The lowest BCUT2D eigenvalue weighted by molar-refractivity contribution is -0.143.